The second-order valence-electron chi connectivity index (χ2n) is 9.17. The number of aryl methyl sites for hydroxylation is 2. The van der Waals surface area contributed by atoms with Gasteiger partial charge in [0.2, 0.25) is 5.91 Å². The van der Waals surface area contributed by atoms with Crippen LogP contribution >= 0.6 is 11.6 Å². The Morgan fingerprint density at radius 2 is 1.76 bits per heavy atom. The van der Waals surface area contributed by atoms with Crippen molar-refractivity contribution in [3.8, 4) is 0 Å². The molecule has 0 saturated carbocycles. The van der Waals surface area contributed by atoms with Gasteiger partial charge in [0.25, 0.3) is 15.9 Å². The van der Waals surface area contributed by atoms with Gasteiger partial charge < -0.3 is 15.4 Å². The fraction of sp³-hybridized carbons (Fsp3) is 0.286. The topological polar surface area (TPSA) is 105 Å². The fourth-order valence-corrected chi connectivity index (χ4v) is 5.69. The first-order valence-corrected chi connectivity index (χ1v) is 14.1. The molecular formula is C28H30ClN3O5S. The van der Waals surface area contributed by atoms with Gasteiger partial charge in [-0.15, -0.1) is 0 Å². The predicted molar refractivity (Wildman–Crippen MR) is 148 cm³/mol. The molecule has 8 nitrogen and oxygen atoms in total. The molecule has 0 spiro atoms. The van der Waals surface area contributed by atoms with Gasteiger partial charge in [-0.25, -0.2) is 8.42 Å². The van der Waals surface area contributed by atoms with E-state index in [0.29, 0.717) is 23.9 Å². The van der Waals surface area contributed by atoms with Gasteiger partial charge in [0, 0.05) is 18.2 Å². The maximum atomic E-state index is 13.6. The quantitative estimate of drug-likeness (QED) is 0.398. The molecule has 1 aliphatic rings. The number of para-hydroxylation sites is 1. The van der Waals surface area contributed by atoms with Crippen LogP contribution in [-0.2, 0) is 19.6 Å². The second-order valence-corrected chi connectivity index (χ2v) is 11.5. The fourth-order valence-electron chi connectivity index (χ4n) is 4.15. The van der Waals surface area contributed by atoms with Gasteiger partial charge in [-0.1, -0.05) is 29.8 Å². The van der Waals surface area contributed by atoms with Crippen LogP contribution in [0.5, 0.6) is 0 Å². The van der Waals surface area contributed by atoms with Crippen molar-refractivity contribution in [3.63, 3.8) is 0 Å². The third kappa shape index (κ3) is 6.53. The molecule has 0 unspecified atom stereocenters. The zero-order chi connectivity index (χ0) is 27.3. The standard InChI is InChI=1S/C28H30ClN3O5S/c1-19-9-12-22(16-20(19)2)32(38(35,36)24-13-10-21(29)11-14-24)18-27(33)31-26-8-4-3-7-25(26)28(34)30-17-23-6-5-15-37-23/h3-4,7-14,16,23H,5-6,15,17-18H2,1-2H3,(H,30,34)(H,31,33)/t23-/m0/s1. The summed E-state index contributed by atoms with van der Waals surface area (Å²) in [6.07, 6.45) is 1.82. The van der Waals surface area contributed by atoms with Crippen LogP contribution in [0.15, 0.2) is 71.6 Å². The van der Waals surface area contributed by atoms with E-state index in [4.69, 9.17) is 16.3 Å². The zero-order valence-corrected chi connectivity index (χ0v) is 22.8. The van der Waals surface area contributed by atoms with Crippen LogP contribution in [0.2, 0.25) is 5.02 Å². The number of carbonyl (C=O) groups is 2. The molecule has 1 atom stereocenters. The average molecular weight is 556 g/mol. The molecule has 1 fully saturated rings. The van der Waals surface area contributed by atoms with Crippen molar-refractivity contribution in [1.29, 1.82) is 0 Å². The van der Waals surface area contributed by atoms with Crippen molar-refractivity contribution in [2.24, 2.45) is 0 Å². The number of sulfonamides is 1. The summed E-state index contributed by atoms with van der Waals surface area (Å²) >= 11 is 5.96. The molecule has 1 aliphatic heterocycles. The highest BCUT2D eigenvalue weighted by Crippen LogP contribution is 2.27. The van der Waals surface area contributed by atoms with Gasteiger partial charge in [0.05, 0.1) is 27.9 Å². The minimum atomic E-state index is -4.11. The molecule has 1 heterocycles. The Kier molecular flexibility index (Phi) is 8.71. The number of anilines is 2. The van der Waals surface area contributed by atoms with Crippen molar-refractivity contribution >= 4 is 44.8 Å². The smallest absolute Gasteiger partial charge is 0.264 e. The number of rotatable bonds is 9. The van der Waals surface area contributed by atoms with Gasteiger partial charge in [-0.05, 0) is 86.3 Å². The van der Waals surface area contributed by atoms with Gasteiger partial charge in [0.15, 0.2) is 0 Å². The van der Waals surface area contributed by atoms with E-state index in [9.17, 15) is 18.0 Å². The van der Waals surface area contributed by atoms with Gasteiger partial charge in [0.1, 0.15) is 6.54 Å². The summed E-state index contributed by atoms with van der Waals surface area (Å²) in [5.74, 6) is -0.948. The lowest BCUT2D eigenvalue weighted by Crippen LogP contribution is -2.38. The van der Waals surface area contributed by atoms with Crippen LogP contribution in [0.4, 0.5) is 11.4 Å². The average Bonchev–Trinajstić information content (AvgIpc) is 3.42. The van der Waals surface area contributed by atoms with E-state index in [-0.39, 0.29) is 28.2 Å². The maximum absolute atomic E-state index is 13.6. The molecular weight excluding hydrogens is 526 g/mol. The van der Waals surface area contributed by atoms with Gasteiger partial charge >= 0.3 is 0 Å². The van der Waals surface area contributed by atoms with Crippen molar-refractivity contribution in [1.82, 2.24) is 5.32 Å². The molecule has 0 radical (unpaired) electrons. The number of ether oxygens (including phenoxy) is 1. The number of carbonyl (C=O) groups excluding carboxylic acids is 2. The molecule has 1 saturated heterocycles. The number of nitrogens with one attached hydrogen (secondary N) is 2. The Morgan fingerprint density at radius 1 is 1.03 bits per heavy atom. The van der Waals surface area contributed by atoms with E-state index in [2.05, 4.69) is 10.6 Å². The van der Waals surface area contributed by atoms with Crippen LogP contribution in [0, 0.1) is 13.8 Å². The third-order valence-electron chi connectivity index (χ3n) is 6.43. The maximum Gasteiger partial charge on any atom is 0.264 e. The van der Waals surface area contributed by atoms with Crippen molar-refractivity contribution in [2.75, 3.05) is 29.3 Å². The number of halogens is 1. The normalized spacial score (nSPS) is 15.2. The lowest BCUT2D eigenvalue weighted by atomic mass is 10.1. The molecule has 3 aromatic carbocycles. The molecule has 0 aromatic heterocycles. The molecule has 4 rings (SSSR count). The van der Waals surface area contributed by atoms with E-state index in [1.165, 1.54) is 24.3 Å². The first-order chi connectivity index (χ1) is 18.1. The highest BCUT2D eigenvalue weighted by molar-refractivity contribution is 7.92. The van der Waals surface area contributed by atoms with Gasteiger partial charge in [-0.2, -0.15) is 0 Å². The van der Waals surface area contributed by atoms with Crippen LogP contribution in [0.25, 0.3) is 0 Å². The van der Waals surface area contributed by atoms with E-state index < -0.39 is 22.5 Å². The van der Waals surface area contributed by atoms with Crippen LogP contribution in [0.3, 0.4) is 0 Å². The monoisotopic (exact) mass is 555 g/mol. The minimum Gasteiger partial charge on any atom is -0.376 e. The Balaban J connectivity index is 1.57. The number of hydrogen-bond acceptors (Lipinski definition) is 5. The Labute approximate surface area is 228 Å². The minimum absolute atomic E-state index is 0.00170. The number of benzene rings is 3. The summed E-state index contributed by atoms with van der Waals surface area (Å²) in [5, 5.41) is 5.97. The second kappa shape index (κ2) is 12.0. The number of hydrogen-bond donors (Lipinski definition) is 2. The Hall–Kier alpha value is -3.40. The number of nitrogens with zero attached hydrogens (tertiary/aromatic N) is 1. The van der Waals surface area contributed by atoms with E-state index in [1.807, 2.05) is 13.8 Å². The van der Waals surface area contributed by atoms with Crippen molar-refractivity contribution < 1.29 is 22.7 Å². The SMILES string of the molecule is Cc1ccc(N(CC(=O)Nc2ccccc2C(=O)NC[C@@H]2CCCO2)S(=O)(=O)c2ccc(Cl)cc2)cc1C. The lowest BCUT2D eigenvalue weighted by molar-refractivity contribution is -0.114. The summed E-state index contributed by atoms with van der Waals surface area (Å²) < 4.78 is 33.9. The first-order valence-electron chi connectivity index (χ1n) is 12.3. The van der Waals surface area contributed by atoms with Crippen LogP contribution < -0.4 is 14.9 Å². The molecule has 200 valence electrons. The summed E-state index contributed by atoms with van der Waals surface area (Å²) in [6, 6.07) is 17.6. The molecule has 3 aromatic rings. The van der Waals surface area contributed by atoms with Crippen molar-refractivity contribution in [2.45, 2.75) is 37.7 Å². The first kappa shape index (κ1) is 27.6. The van der Waals surface area contributed by atoms with E-state index >= 15 is 0 Å². The number of amides is 2. The molecule has 38 heavy (non-hydrogen) atoms. The molecule has 10 heteroatoms. The van der Waals surface area contributed by atoms with Gasteiger partial charge in [-0.3, -0.25) is 13.9 Å². The Morgan fingerprint density at radius 3 is 2.45 bits per heavy atom. The van der Waals surface area contributed by atoms with Crippen molar-refractivity contribution in [3.05, 3.63) is 88.4 Å². The van der Waals surface area contributed by atoms with Crippen LogP contribution in [-0.4, -0.2) is 46.0 Å². The molecule has 2 amide bonds. The lowest BCUT2D eigenvalue weighted by Gasteiger charge is -2.25. The zero-order valence-electron chi connectivity index (χ0n) is 21.2. The Bertz CT molecular complexity index is 1420. The summed E-state index contributed by atoms with van der Waals surface area (Å²) in [4.78, 5) is 26.1. The van der Waals surface area contributed by atoms with Crippen LogP contribution in [0.1, 0.15) is 34.3 Å². The molecule has 0 bridgehead atoms. The third-order valence-corrected chi connectivity index (χ3v) is 8.47. The summed E-state index contributed by atoms with van der Waals surface area (Å²) in [5.41, 5.74) is 2.78. The highest BCUT2D eigenvalue weighted by atomic mass is 35.5. The molecule has 0 aliphatic carbocycles. The van der Waals surface area contributed by atoms with E-state index in [1.54, 1.807) is 42.5 Å². The van der Waals surface area contributed by atoms with E-state index in [0.717, 1.165) is 28.3 Å². The summed E-state index contributed by atoms with van der Waals surface area (Å²) in [7, 11) is -4.11. The summed E-state index contributed by atoms with van der Waals surface area (Å²) in [6.45, 7) is 4.35. The molecule has 2 N–H and O–H groups in total. The predicted octanol–water partition coefficient (Wildman–Crippen LogP) is 4.70. The highest BCUT2D eigenvalue weighted by Gasteiger charge is 2.28. The largest absolute Gasteiger partial charge is 0.376 e.